The molecule has 0 aliphatic heterocycles. The predicted molar refractivity (Wildman–Crippen MR) is 98.7 cm³/mol. The normalized spacial score (nSPS) is 16.4. The molecule has 0 bridgehead atoms. The van der Waals surface area contributed by atoms with Gasteiger partial charge in [0.15, 0.2) is 5.96 Å². The first-order valence-corrected chi connectivity index (χ1v) is 8.00. The zero-order valence-electron chi connectivity index (χ0n) is 13.5. The second-order valence-corrected chi connectivity index (χ2v) is 5.11. The Bertz CT molecular complexity index is 259. The van der Waals surface area contributed by atoms with Gasteiger partial charge in [-0.05, 0) is 26.2 Å². The topological polar surface area (TPSA) is 54.9 Å². The molecule has 1 aliphatic carbocycles. The highest BCUT2D eigenvalue weighted by atomic mass is 127. The third-order valence-electron chi connectivity index (χ3n) is 3.49. The van der Waals surface area contributed by atoms with Gasteiger partial charge in [0, 0.05) is 33.4 Å². The van der Waals surface area contributed by atoms with Crippen LogP contribution >= 0.6 is 24.0 Å². The SMILES string of the molecule is CCOCCNC(=NC)NCCCOC1CCCCC1.I. The van der Waals surface area contributed by atoms with Crippen LogP contribution in [0.25, 0.3) is 0 Å². The van der Waals surface area contributed by atoms with Crippen molar-refractivity contribution in [1.82, 2.24) is 10.6 Å². The fraction of sp³-hybridized carbons (Fsp3) is 0.933. The predicted octanol–water partition coefficient (Wildman–Crippen LogP) is 2.55. The molecular weight excluding hydrogens is 381 g/mol. The largest absolute Gasteiger partial charge is 0.380 e. The zero-order valence-corrected chi connectivity index (χ0v) is 15.9. The molecule has 126 valence electrons. The number of aliphatic imine (C=N–C) groups is 1. The smallest absolute Gasteiger partial charge is 0.191 e. The van der Waals surface area contributed by atoms with E-state index in [2.05, 4.69) is 15.6 Å². The fourth-order valence-electron chi connectivity index (χ4n) is 2.37. The highest BCUT2D eigenvalue weighted by Crippen LogP contribution is 2.20. The minimum absolute atomic E-state index is 0. The van der Waals surface area contributed by atoms with Crippen LogP contribution in [0.15, 0.2) is 4.99 Å². The lowest BCUT2D eigenvalue weighted by atomic mass is 9.98. The molecule has 0 aromatic heterocycles. The van der Waals surface area contributed by atoms with Crippen LogP contribution in [0, 0.1) is 0 Å². The molecule has 6 heteroatoms. The molecule has 1 aliphatic rings. The monoisotopic (exact) mass is 413 g/mol. The van der Waals surface area contributed by atoms with E-state index in [1.165, 1.54) is 32.1 Å². The lowest BCUT2D eigenvalue weighted by Crippen LogP contribution is -2.39. The number of hydrogen-bond acceptors (Lipinski definition) is 3. The average molecular weight is 413 g/mol. The molecule has 0 amide bonds. The number of guanidine groups is 1. The fourth-order valence-corrected chi connectivity index (χ4v) is 2.37. The third kappa shape index (κ3) is 11.2. The van der Waals surface area contributed by atoms with Crippen LogP contribution in [0.4, 0.5) is 0 Å². The van der Waals surface area contributed by atoms with Crippen molar-refractivity contribution in [2.24, 2.45) is 4.99 Å². The molecule has 0 saturated heterocycles. The Kier molecular flexibility index (Phi) is 14.8. The van der Waals surface area contributed by atoms with Crippen molar-refractivity contribution in [3.8, 4) is 0 Å². The van der Waals surface area contributed by atoms with Gasteiger partial charge in [-0.25, -0.2) is 0 Å². The standard InChI is InChI=1S/C15H31N3O2.HI/c1-3-19-13-11-18-15(16-2)17-10-7-12-20-14-8-5-4-6-9-14;/h14H,3-13H2,1-2H3,(H2,16,17,18);1H. The molecule has 21 heavy (non-hydrogen) atoms. The summed E-state index contributed by atoms with van der Waals surface area (Å²) in [5, 5.41) is 6.50. The summed E-state index contributed by atoms with van der Waals surface area (Å²) in [5.41, 5.74) is 0. The first-order valence-electron chi connectivity index (χ1n) is 8.00. The Labute approximate surface area is 146 Å². The van der Waals surface area contributed by atoms with E-state index in [1.54, 1.807) is 7.05 Å². The Balaban J connectivity index is 0.00000400. The van der Waals surface area contributed by atoms with Crippen LogP contribution in [0.1, 0.15) is 45.4 Å². The quantitative estimate of drug-likeness (QED) is 0.264. The minimum atomic E-state index is 0. The summed E-state index contributed by atoms with van der Waals surface area (Å²) in [6.45, 7) is 5.98. The van der Waals surface area contributed by atoms with Crippen LogP contribution in [0.5, 0.6) is 0 Å². The van der Waals surface area contributed by atoms with Crippen LogP contribution in [0.2, 0.25) is 0 Å². The van der Waals surface area contributed by atoms with E-state index in [0.717, 1.165) is 38.7 Å². The Hall–Kier alpha value is -0.0800. The molecule has 1 saturated carbocycles. The van der Waals surface area contributed by atoms with Gasteiger partial charge in [0.25, 0.3) is 0 Å². The highest BCUT2D eigenvalue weighted by molar-refractivity contribution is 14.0. The first kappa shape index (κ1) is 20.9. The number of ether oxygens (including phenoxy) is 2. The maximum absolute atomic E-state index is 5.89. The molecule has 0 aromatic rings. The second kappa shape index (κ2) is 14.8. The summed E-state index contributed by atoms with van der Waals surface area (Å²) in [6, 6.07) is 0. The maximum Gasteiger partial charge on any atom is 0.191 e. The Morgan fingerprint density at radius 1 is 1.10 bits per heavy atom. The van der Waals surface area contributed by atoms with Gasteiger partial charge in [-0.1, -0.05) is 19.3 Å². The van der Waals surface area contributed by atoms with Crippen molar-refractivity contribution in [3.63, 3.8) is 0 Å². The van der Waals surface area contributed by atoms with E-state index in [1.807, 2.05) is 6.92 Å². The van der Waals surface area contributed by atoms with E-state index in [9.17, 15) is 0 Å². The van der Waals surface area contributed by atoms with E-state index < -0.39 is 0 Å². The molecule has 1 fully saturated rings. The van der Waals surface area contributed by atoms with Gasteiger partial charge < -0.3 is 20.1 Å². The Morgan fingerprint density at radius 3 is 2.48 bits per heavy atom. The Morgan fingerprint density at radius 2 is 1.81 bits per heavy atom. The summed E-state index contributed by atoms with van der Waals surface area (Å²) in [5.74, 6) is 0.836. The summed E-state index contributed by atoms with van der Waals surface area (Å²) < 4.78 is 11.2. The molecule has 5 nitrogen and oxygen atoms in total. The van der Waals surface area contributed by atoms with Gasteiger partial charge in [-0.15, -0.1) is 24.0 Å². The van der Waals surface area contributed by atoms with Crippen LogP contribution < -0.4 is 10.6 Å². The molecule has 0 atom stereocenters. The van der Waals surface area contributed by atoms with Gasteiger partial charge >= 0.3 is 0 Å². The third-order valence-corrected chi connectivity index (χ3v) is 3.49. The van der Waals surface area contributed by atoms with E-state index in [0.29, 0.717) is 12.7 Å². The van der Waals surface area contributed by atoms with Gasteiger partial charge in [0.2, 0.25) is 0 Å². The number of nitrogens with one attached hydrogen (secondary N) is 2. The van der Waals surface area contributed by atoms with Crippen LogP contribution in [0.3, 0.4) is 0 Å². The maximum atomic E-state index is 5.89. The van der Waals surface area contributed by atoms with E-state index in [-0.39, 0.29) is 24.0 Å². The first-order chi connectivity index (χ1) is 9.86. The van der Waals surface area contributed by atoms with Crippen molar-refractivity contribution in [1.29, 1.82) is 0 Å². The molecule has 0 heterocycles. The van der Waals surface area contributed by atoms with Gasteiger partial charge in [0.05, 0.1) is 12.7 Å². The number of halogens is 1. The lowest BCUT2D eigenvalue weighted by molar-refractivity contribution is 0.0277. The zero-order chi connectivity index (χ0) is 14.5. The van der Waals surface area contributed by atoms with E-state index in [4.69, 9.17) is 9.47 Å². The molecule has 1 rings (SSSR count). The molecule has 0 aromatic carbocycles. The summed E-state index contributed by atoms with van der Waals surface area (Å²) >= 11 is 0. The van der Waals surface area contributed by atoms with Crippen molar-refractivity contribution in [2.75, 3.05) is 40.0 Å². The number of nitrogens with zero attached hydrogens (tertiary/aromatic N) is 1. The molecular formula is C15H32IN3O2. The van der Waals surface area contributed by atoms with Crippen LogP contribution in [-0.2, 0) is 9.47 Å². The van der Waals surface area contributed by atoms with Crippen LogP contribution in [-0.4, -0.2) is 52.0 Å². The van der Waals surface area contributed by atoms with Gasteiger partial charge in [-0.2, -0.15) is 0 Å². The highest BCUT2D eigenvalue weighted by Gasteiger charge is 2.12. The van der Waals surface area contributed by atoms with E-state index >= 15 is 0 Å². The lowest BCUT2D eigenvalue weighted by Gasteiger charge is -2.22. The minimum Gasteiger partial charge on any atom is -0.380 e. The van der Waals surface area contributed by atoms with Crippen molar-refractivity contribution < 1.29 is 9.47 Å². The summed E-state index contributed by atoms with van der Waals surface area (Å²) in [7, 11) is 1.79. The summed E-state index contributed by atoms with van der Waals surface area (Å²) in [4.78, 5) is 4.17. The van der Waals surface area contributed by atoms with Crippen molar-refractivity contribution >= 4 is 29.9 Å². The van der Waals surface area contributed by atoms with Gasteiger partial charge in [-0.3, -0.25) is 4.99 Å². The molecule has 0 unspecified atom stereocenters. The summed E-state index contributed by atoms with van der Waals surface area (Å²) in [6.07, 6.45) is 8.06. The van der Waals surface area contributed by atoms with Gasteiger partial charge in [0.1, 0.15) is 0 Å². The second-order valence-electron chi connectivity index (χ2n) is 5.11. The molecule has 0 radical (unpaired) electrons. The molecule has 2 N–H and O–H groups in total. The average Bonchev–Trinajstić information content (AvgIpc) is 2.50. The van der Waals surface area contributed by atoms with Crippen molar-refractivity contribution in [2.45, 2.75) is 51.6 Å². The number of rotatable bonds is 9. The molecule has 0 spiro atoms. The number of hydrogen-bond donors (Lipinski definition) is 2. The van der Waals surface area contributed by atoms with Crippen molar-refractivity contribution in [3.05, 3.63) is 0 Å².